The molecule has 1 aromatic carbocycles. The SMILES string of the molecule is Cc1cc(C)c(CNC(=O)Cc2c(C)nc(-c3ccccn3)[nH]c2=O)c(C)c1. The summed E-state index contributed by atoms with van der Waals surface area (Å²) in [5.41, 5.74) is 5.77. The molecule has 6 heteroatoms. The zero-order valence-electron chi connectivity index (χ0n) is 16.6. The molecule has 0 aliphatic carbocycles. The lowest BCUT2D eigenvalue weighted by molar-refractivity contribution is -0.120. The van der Waals surface area contributed by atoms with Gasteiger partial charge in [0.05, 0.1) is 6.42 Å². The minimum Gasteiger partial charge on any atom is -0.352 e. The summed E-state index contributed by atoms with van der Waals surface area (Å²) in [5, 5.41) is 2.92. The fourth-order valence-electron chi connectivity index (χ4n) is 3.34. The highest BCUT2D eigenvalue weighted by Crippen LogP contribution is 2.16. The number of nitrogens with one attached hydrogen (secondary N) is 2. The van der Waals surface area contributed by atoms with Gasteiger partial charge in [-0.1, -0.05) is 23.8 Å². The van der Waals surface area contributed by atoms with Gasteiger partial charge >= 0.3 is 0 Å². The molecular weight excluding hydrogens is 352 g/mol. The van der Waals surface area contributed by atoms with Crippen molar-refractivity contribution in [2.75, 3.05) is 0 Å². The largest absolute Gasteiger partial charge is 0.352 e. The van der Waals surface area contributed by atoms with Gasteiger partial charge in [0.1, 0.15) is 5.69 Å². The Bertz CT molecular complexity index is 1050. The number of rotatable bonds is 5. The second-order valence-electron chi connectivity index (χ2n) is 7.02. The van der Waals surface area contributed by atoms with Crippen LogP contribution in [-0.4, -0.2) is 20.9 Å². The molecule has 6 nitrogen and oxygen atoms in total. The molecule has 3 aromatic rings. The Kier molecular flexibility index (Phi) is 5.68. The maximum Gasteiger partial charge on any atom is 0.255 e. The van der Waals surface area contributed by atoms with Gasteiger partial charge in [-0.25, -0.2) is 4.98 Å². The number of amides is 1. The summed E-state index contributed by atoms with van der Waals surface area (Å²) in [4.78, 5) is 36.3. The molecule has 0 bridgehead atoms. The third-order valence-corrected chi connectivity index (χ3v) is 4.77. The zero-order chi connectivity index (χ0) is 20.3. The Morgan fingerprint density at radius 3 is 2.39 bits per heavy atom. The van der Waals surface area contributed by atoms with Crippen molar-refractivity contribution in [2.45, 2.75) is 40.7 Å². The van der Waals surface area contributed by atoms with Crippen LogP contribution in [0.25, 0.3) is 11.5 Å². The molecule has 0 spiro atoms. The van der Waals surface area contributed by atoms with Crippen LogP contribution in [0, 0.1) is 27.7 Å². The van der Waals surface area contributed by atoms with Crippen LogP contribution < -0.4 is 10.9 Å². The van der Waals surface area contributed by atoms with Gasteiger partial charge in [-0.15, -0.1) is 0 Å². The minimum absolute atomic E-state index is 0.0133. The number of hydrogen-bond donors (Lipinski definition) is 2. The number of pyridine rings is 1. The molecule has 0 unspecified atom stereocenters. The fraction of sp³-hybridized carbons (Fsp3) is 0.273. The quantitative estimate of drug-likeness (QED) is 0.717. The molecule has 2 heterocycles. The smallest absolute Gasteiger partial charge is 0.255 e. The normalized spacial score (nSPS) is 10.7. The number of aryl methyl sites for hydroxylation is 4. The molecule has 2 aromatic heterocycles. The van der Waals surface area contributed by atoms with E-state index in [1.807, 2.05) is 19.9 Å². The highest BCUT2D eigenvalue weighted by molar-refractivity contribution is 5.78. The average molecular weight is 376 g/mol. The molecule has 0 saturated carbocycles. The van der Waals surface area contributed by atoms with Crippen LogP contribution in [0.1, 0.15) is 33.5 Å². The number of H-pyrrole nitrogens is 1. The molecule has 2 N–H and O–H groups in total. The highest BCUT2D eigenvalue weighted by atomic mass is 16.2. The van der Waals surface area contributed by atoms with Gasteiger partial charge in [0.25, 0.3) is 5.56 Å². The number of benzene rings is 1. The van der Waals surface area contributed by atoms with E-state index in [9.17, 15) is 9.59 Å². The maximum atomic E-state index is 12.5. The molecule has 144 valence electrons. The van der Waals surface area contributed by atoms with E-state index < -0.39 is 0 Å². The van der Waals surface area contributed by atoms with Crippen LogP contribution >= 0.6 is 0 Å². The number of carbonyl (C=O) groups is 1. The lowest BCUT2D eigenvalue weighted by Gasteiger charge is -2.13. The van der Waals surface area contributed by atoms with Crippen LogP contribution in [0.5, 0.6) is 0 Å². The third kappa shape index (κ3) is 4.34. The molecule has 0 fully saturated rings. The van der Waals surface area contributed by atoms with E-state index in [1.165, 1.54) is 5.56 Å². The molecule has 0 aliphatic heterocycles. The van der Waals surface area contributed by atoms with Gasteiger partial charge in [0.15, 0.2) is 5.82 Å². The topological polar surface area (TPSA) is 87.7 Å². The van der Waals surface area contributed by atoms with Crippen molar-refractivity contribution >= 4 is 5.91 Å². The van der Waals surface area contributed by atoms with Crippen LogP contribution in [0.4, 0.5) is 0 Å². The lowest BCUT2D eigenvalue weighted by atomic mass is 10.00. The van der Waals surface area contributed by atoms with Crippen LogP contribution in [0.15, 0.2) is 41.3 Å². The number of carbonyl (C=O) groups excluding carboxylic acids is 1. The van der Waals surface area contributed by atoms with Gasteiger partial charge < -0.3 is 10.3 Å². The van der Waals surface area contributed by atoms with Crippen LogP contribution in [0.3, 0.4) is 0 Å². The second kappa shape index (κ2) is 8.17. The van der Waals surface area contributed by atoms with E-state index in [2.05, 4.69) is 39.3 Å². The van der Waals surface area contributed by atoms with Crippen molar-refractivity contribution in [2.24, 2.45) is 0 Å². The first-order chi connectivity index (χ1) is 13.3. The molecule has 0 aliphatic rings. The number of hydrogen-bond acceptors (Lipinski definition) is 4. The Balaban J connectivity index is 1.73. The van der Waals surface area contributed by atoms with Crippen molar-refractivity contribution in [3.05, 3.63) is 80.4 Å². The first-order valence-electron chi connectivity index (χ1n) is 9.19. The molecule has 3 rings (SSSR count). The summed E-state index contributed by atoms with van der Waals surface area (Å²) >= 11 is 0. The molecular formula is C22H24N4O2. The first kappa shape index (κ1) is 19.5. The van der Waals surface area contributed by atoms with Crippen molar-refractivity contribution in [3.63, 3.8) is 0 Å². The van der Waals surface area contributed by atoms with Gasteiger partial charge in [-0.3, -0.25) is 14.6 Å². The van der Waals surface area contributed by atoms with E-state index >= 15 is 0 Å². The predicted molar refractivity (Wildman–Crippen MR) is 109 cm³/mol. The Morgan fingerprint density at radius 1 is 1.07 bits per heavy atom. The Morgan fingerprint density at radius 2 is 1.79 bits per heavy atom. The average Bonchev–Trinajstić information content (AvgIpc) is 2.64. The van der Waals surface area contributed by atoms with Crippen molar-refractivity contribution < 1.29 is 4.79 Å². The monoisotopic (exact) mass is 376 g/mol. The third-order valence-electron chi connectivity index (χ3n) is 4.77. The Labute approximate surface area is 164 Å². The molecule has 0 atom stereocenters. The van der Waals surface area contributed by atoms with E-state index in [0.717, 1.165) is 16.7 Å². The minimum atomic E-state index is -0.314. The first-order valence-corrected chi connectivity index (χ1v) is 9.19. The number of aromatic nitrogens is 3. The van der Waals surface area contributed by atoms with Crippen LogP contribution in [-0.2, 0) is 17.8 Å². The van der Waals surface area contributed by atoms with E-state index in [1.54, 1.807) is 25.3 Å². The van der Waals surface area contributed by atoms with Crippen LogP contribution in [0.2, 0.25) is 0 Å². The van der Waals surface area contributed by atoms with Gasteiger partial charge in [0, 0.05) is 24.0 Å². The van der Waals surface area contributed by atoms with Gasteiger partial charge in [-0.05, 0) is 56.5 Å². The highest BCUT2D eigenvalue weighted by Gasteiger charge is 2.14. The second-order valence-corrected chi connectivity index (χ2v) is 7.02. The van der Waals surface area contributed by atoms with Crippen molar-refractivity contribution in [3.8, 4) is 11.5 Å². The zero-order valence-corrected chi connectivity index (χ0v) is 16.6. The summed E-state index contributed by atoms with van der Waals surface area (Å²) < 4.78 is 0. The van der Waals surface area contributed by atoms with E-state index in [4.69, 9.17) is 0 Å². The summed E-state index contributed by atoms with van der Waals surface area (Å²) in [6, 6.07) is 9.60. The van der Waals surface area contributed by atoms with Crippen molar-refractivity contribution in [1.82, 2.24) is 20.3 Å². The predicted octanol–water partition coefficient (Wildman–Crippen LogP) is 2.92. The standard InChI is InChI=1S/C22H24N4O2/c1-13-9-14(2)18(15(3)10-13)12-24-20(27)11-17-16(4)25-21(26-22(17)28)19-7-5-6-8-23-19/h5-10H,11-12H2,1-4H3,(H,24,27)(H,25,26,28). The van der Waals surface area contributed by atoms with Gasteiger partial charge in [-0.2, -0.15) is 0 Å². The van der Waals surface area contributed by atoms with Gasteiger partial charge in [0.2, 0.25) is 5.91 Å². The number of nitrogens with zero attached hydrogens (tertiary/aromatic N) is 2. The molecule has 28 heavy (non-hydrogen) atoms. The van der Waals surface area contributed by atoms with E-state index in [0.29, 0.717) is 29.3 Å². The summed E-state index contributed by atoms with van der Waals surface area (Å²) in [6.07, 6.45) is 1.63. The summed E-state index contributed by atoms with van der Waals surface area (Å²) in [7, 11) is 0. The summed E-state index contributed by atoms with van der Waals surface area (Å²) in [6.45, 7) is 8.30. The lowest BCUT2D eigenvalue weighted by Crippen LogP contribution is -2.29. The number of aromatic amines is 1. The Hall–Kier alpha value is -3.28. The fourth-order valence-corrected chi connectivity index (χ4v) is 3.34. The molecule has 0 saturated heterocycles. The van der Waals surface area contributed by atoms with E-state index in [-0.39, 0.29) is 17.9 Å². The summed E-state index contributed by atoms with van der Waals surface area (Å²) in [5.74, 6) is 0.193. The van der Waals surface area contributed by atoms with Crippen molar-refractivity contribution in [1.29, 1.82) is 0 Å². The molecule has 0 radical (unpaired) electrons. The molecule has 1 amide bonds. The maximum absolute atomic E-state index is 12.5.